The van der Waals surface area contributed by atoms with Crippen molar-refractivity contribution in [1.29, 1.82) is 0 Å². The van der Waals surface area contributed by atoms with Crippen LogP contribution in [0.5, 0.6) is 0 Å². The maximum absolute atomic E-state index is 12.5. The minimum absolute atomic E-state index is 0.0185. The fourth-order valence-corrected chi connectivity index (χ4v) is 11.1. The average Bonchev–Trinajstić information content (AvgIpc) is 3.46. The van der Waals surface area contributed by atoms with Crippen molar-refractivity contribution in [3.8, 4) is 0 Å². The number of unbranched alkanes of at least 4 members (excludes halogenated alkanes) is 52. The van der Waals surface area contributed by atoms with Crippen LogP contribution >= 0.6 is 0 Å². The molecule has 0 aromatic carbocycles. The minimum Gasteiger partial charge on any atom is -0.465 e. The van der Waals surface area contributed by atoms with Crippen molar-refractivity contribution in [2.24, 2.45) is 11.3 Å². The summed E-state index contributed by atoms with van der Waals surface area (Å²) in [5.74, 6) is -1.47. The zero-order valence-corrected chi connectivity index (χ0v) is 49.2. The zero-order valence-electron chi connectivity index (χ0n) is 49.2. The van der Waals surface area contributed by atoms with Crippen molar-refractivity contribution in [3.05, 3.63) is 12.2 Å². The topological polar surface area (TPSA) is 93.1 Å². The number of carbonyl (C=O) groups is 2. The van der Waals surface area contributed by atoms with Crippen LogP contribution in [0.1, 0.15) is 366 Å². The third-order valence-corrected chi connectivity index (χ3v) is 16.5. The number of carbonyl (C=O) groups excluding carboxylic acids is 2. The number of cyclic esters (lactones) is 2. The maximum atomic E-state index is 12.5. The van der Waals surface area contributed by atoms with Gasteiger partial charge in [0.15, 0.2) is 0 Å². The summed E-state index contributed by atoms with van der Waals surface area (Å²) in [4.78, 5) is 24.7. The van der Waals surface area contributed by atoms with E-state index in [-0.39, 0.29) is 19.6 Å². The Morgan fingerprint density at radius 2 is 0.589 bits per heavy atom. The third-order valence-electron chi connectivity index (χ3n) is 16.5. The van der Waals surface area contributed by atoms with E-state index in [1.54, 1.807) is 0 Å². The number of ether oxygens (including phenoxy) is 2. The molecule has 1 unspecified atom stereocenters. The fraction of sp³-hybridized carbons (Fsp3) is 0.940. The Bertz CT molecular complexity index is 1150. The highest BCUT2D eigenvalue weighted by atomic mass is 16.6. The highest BCUT2D eigenvalue weighted by molar-refractivity contribution is 5.80. The smallest absolute Gasteiger partial charge is 0.309 e. The van der Waals surface area contributed by atoms with E-state index in [1.165, 1.54) is 327 Å². The molecule has 0 aromatic rings. The van der Waals surface area contributed by atoms with Gasteiger partial charge in [-0.15, -0.1) is 0 Å². The van der Waals surface area contributed by atoms with E-state index in [9.17, 15) is 19.8 Å². The van der Waals surface area contributed by atoms with E-state index in [0.717, 1.165) is 19.3 Å². The molecule has 6 nitrogen and oxygen atoms in total. The molecular formula is C67H128O6. The quantitative estimate of drug-likeness (QED) is 0.0358. The van der Waals surface area contributed by atoms with Gasteiger partial charge in [-0.25, -0.2) is 0 Å². The van der Waals surface area contributed by atoms with Crippen molar-refractivity contribution in [3.63, 3.8) is 0 Å². The molecule has 73 heavy (non-hydrogen) atoms. The van der Waals surface area contributed by atoms with E-state index in [0.29, 0.717) is 6.42 Å². The van der Waals surface area contributed by atoms with Crippen LogP contribution < -0.4 is 0 Å². The van der Waals surface area contributed by atoms with Gasteiger partial charge in [0.05, 0.1) is 31.0 Å². The molecule has 1 heterocycles. The van der Waals surface area contributed by atoms with E-state index in [2.05, 4.69) is 19.1 Å². The Morgan fingerprint density at radius 1 is 0.356 bits per heavy atom. The predicted molar refractivity (Wildman–Crippen MR) is 315 cm³/mol. The van der Waals surface area contributed by atoms with Gasteiger partial charge in [-0.1, -0.05) is 340 Å². The van der Waals surface area contributed by atoms with Gasteiger partial charge in [-0.3, -0.25) is 9.59 Å². The van der Waals surface area contributed by atoms with Gasteiger partial charge < -0.3 is 19.7 Å². The fourth-order valence-electron chi connectivity index (χ4n) is 11.1. The van der Waals surface area contributed by atoms with E-state index in [4.69, 9.17) is 9.47 Å². The number of aliphatic hydroxyl groups excluding tert-OH is 2. The van der Waals surface area contributed by atoms with Crippen LogP contribution in [-0.2, 0) is 19.1 Å². The molecular weight excluding hydrogens is 901 g/mol. The minimum atomic E-state index is -1.13. The van der Waals surface area contributed by atoms with Crippen LogP contribution in [-0.4, -0.2) is 48.6 Å². The first-order valence-corrected chi connectivity index (χ1v) is 33.3. The molecule has 0 radical (unpaired) electrons. The van der Waals surface area contributed by atoms with Crippen molar-refractivity contribution in [2.75, 3.05) is 26.4 Å². The van der Waals surface area contributed by atoms with Gasteiger partial charge in [0.1, 0.15) is 13.2 Å². The SMILES string of the molecule is CCCCCCCCCCCCCCCCCCCCCCCCCCCCCCCCCCCCCCCCCCCCCCCCCCCCC/C=C/CCCC1CC(=O)OCC(CO)(CO)COC1=O. The number of allylic oxidation sites excluding steroid dienone is 2. The molecule has 432 valence electrons. The molecule has 1 aliphatic rings. The lowest BCUT2D eigenvalue weighted by atomic mass is 9.92. The standard InChI is InChI=1S/C67H128O6/c1-2-3-4-5-6-7-8-9-10-11-12-13-14-15-16-17-18-19-20-21-22-23-24-25-26-27-28-29-30-31-32-33-34-35-36-37-38-39-40-41-42-43-44-45-46-47-48-49-50-51-52-53-54-55-56-57-58-64-59-65(70)72-62-67(60-68,61-69)63-73-66(64)71/h54-55,64,68-69H,2-53,56-63H2,1H3/b55-54+. The van der Waals surface area contributed by atoms with Crippen LogP contribution in [0, 0.1) is 11.3 Å². The largest absolute Gasteiger partial charge is 0.465 e. The molecule has 1 saturated heterocycles. The summed E-state index contributed by atoms with van der Waals surface area (Å²) < 4.78 is 10.6. The van der Waals surface area contributed by atoms with E-state index in [1.807, 2.05) is 0 Å². The number of rotatable bonds is 58. The summed E-state index contributed by atoms with van der Waals surface area (Å²) in [5, 5.41) is 19.2. The number of hydrogen-bond acceptors (Lipinski definition) is 6. The molecule has 1 aliphatic heterocycles. The van der Waals surface area contributed by atoms with Crippen molar-refractivity contribution in [1.82, 2.24) is 0 Å². The first kappa shape index (κ1) is 69.6. The van der Waals surface area contributed by atoms with Gasteiger partial charge >= 0.3 is 11.9 Å². The normalized spacial score (nSPS) is 15.2. The number of hydrogen-bond donors (Lipinski definition) is 2. The van der Waals surface area contributed by atoms with Gasteiger partial charge in [0, 0.05) is 0 Å². The molecule has 0 aromatic heterocycles. The van der Waals surface area contributed by atoms with Gasteiger partial charge in [-0.05, 0) is 32.1 Å². The molecule has 1 rings (SSSR count). The van der Waals surface area contributed by atoms with Gasteiger partial charge in [-0.2, -0.15) is 0 Å². The zero-order chi connectivity index (χ0) is 52.5. The van der Waals surface area contributed by atoms with Crippen molar-refractivity contribution in [2.45, 2.75) is 366 Å². The summed E-state index contributed by atoms with van der Waals surface area (Å²) in [5.41, 5.74) is -1.13. The number of esters is 2. The van der Waals surface area contributed by atoms with Crippen LogP contribution in [0.15, 0.2) is 12.2 Å². The van der Waals surface area contributed by atoms with Gasteiger partial charge in [0.2, 0.25) is 0 Å². The molecule has 0 aliphatic carbocycles. The molecule has 0 saturated carbocycles. The molecule has 1 atom stereocenters. The van der Waals surface area contributed by atoms with Crippen LogP contribution in [0.3, 0.4) is 0 Å². The predicted octanol–water partition coefficient (Wildman–Crippen LogP) is 21.1. The monoisotopic (exact) mass is 1030 g/mol. The highest BCUT2D eigenvalue weighted by Gasteiger charge is 2.36. The van der Waals surface area contributed by atoms with Crippen LogP contribution in [0.25, 0.3) is 0 Å². The molecule has 0 spiro atoms. The van der Waals surface area contributed by atoms with Gasteiger partial charge in [0.25, 0.3) is 0 Å². The molecule has 1 fully saturated rings. The van der Waals surface area contributed by atoms with Crippen LogP contribution in [0.2, 0.25) is 0 Å². The summed E-state index contributed by atoms with van der Waals surface area (Å²) in [6.07, 6.45) is 81.8. The summed E-state index contributed by atoms with van der Waals surface area (Å²) in [7, 11) is 0. The summed E-state index contributed by atoms with van der Waals surface area (Å²) in [6, 6.07) is 0. The lowest BCUT2D eigenvalue weighted by Crippen LogP contribution is -2.40. The first-order valence-electron chi connectivity index (χ1n) is 33.3. The van der Waals surface area contributed by atoms with Crippen molar-refractivity contribution < 1.29 is 29.3 Å². The second kappa shape index (κ2) is 56.8. The Kier molecular flexibility index (Phi) is 54.2. The maximum Gasteiger partial charge on any atom is 0.309 e. The Hall–Kier alpha value is -1.40. The molecule has 0 bridgehead atoms. The lowest BCUT2D eigenvalue weighted by molar-refractivity contribution is -0.155. The highest BCUT2D eigenvalue weighted by Crippen LogP contribution is 2.25. The Labute approximate surface area is 455 Å². The summed E-state index contributed by atoms with van der Waals surface area (Å²) in [6.45, 7) is 1.17. The second-order valence-electron chi connectivity index (χ2n) is 23.9. The summed E-state index contributed by atoms with van der Waals surface area (Å²) >= 11 is 0. The van der Waals surface area contributed by atoms with E-state index >= 15 is 0 Å². The lowest BCUT2D eigenvalue weighted by Gasteiger charge is -2.27. The average molecular weight is 1030 g/mol. The Balaban J connectivity index is 1.67. The van der Waals surface area contributed by atoms with Crippen LogP contribution in [0.4, 0.5) is 0 Å². The molecule has 2 N–H and O–H groups in total. The molecule has 0 amide bonds. The first-order chi connectivity index (χ1) is 36.1. The van der Waals surface area contributed by atoms with Crippen molar-refractivity contribution >= 4 is 11.9 Å². The second-order valence-corrected chi connectivity index (χ2v) is 23.9. The number of aliphatic hydroxyl groups is 2. The third kappa shape index (κ3) is 48.7. The van der Waals surface area contributed by atoms with E-state index < -0.39 is 36.5 Å². The molecule has 6 heteroatoms. The Morgan fingerprint density at radius 3 is 0.849 bits per heavy atom.